The van der Waals surface area contributed by atoms with E-state index in [4.69, 9.17) is 5.73 Å². The van der Waals surface area contributed by atoms with Gasteiger partial charge in [0.25, 0.3) is 0 Å². The molecule has 0 bridgehead atoms. The van der Waals surface area contributed by atoms with E-state index in [0.717, 1.165) is 22.6 Å². The number of hydrogen-bond donors (Lipinski definition) is 3. The molecule has 2 aromatic carbocycles. The van der Waals surface area contributed by atoms with Crippen LogP contribution in [-0.4, -0.2) is 21.1 Å². The number of anilines is 1. The van der Waals surface area contributed by atoms with Crippen LogP contribution < -0.4 is 11.1 Å². The van der Waals surface area contributed by atoms with E-state index in [1.165, 1.54) is 17.5 Å². The van der Waals surface area contributed by atoms with Gasteiger partial charge in [-0.05, 0) is 48.7 Å². The Balaban J connectivity index is 1.68. The third kappa shape index (κ3) is 3.78. The molecule has 3 rings (SSSR count). The van der Waals surface area contributed by atoms with Gasteiger partial charge in [-0.25, -0.2) is 9.98 Å². The van der Waals surface area contributed by atoms with Crippen LogP contribution in [0.15, 0.2) is 53.8 Å². The Bertz CT molecular complexity index is 852. The number of aromatic nitrogens is 3. The number of rotatable bonds is 4. The van der Waals surface area contributed by atoms with E-state index in [0.29, 0.717) is 12.5 Å². The molecule has 1 heterocycles. The van der Waals surface area contributed by atoms with Crippen molar-refractivity contribution in [3.8, 4) is 11.4 Å². The molecule has 0 spiro atoms. The van der Waals surface area contributed by atoms with Gasteiger partial charge in [-0.1, -0.05) is 24.3 Å². The van der Waals surface area contributed by atoms with Crippen LogP contribution in [0.4, 0.5) is 5.69 Å². The summed E-state index contributed by atoms with van der Waals surface area (Å²) in [5.41, 5.74) is 11.4. The smallest absolute Gasteiger partial charge is 0.193 e. The second-order valence-electron chi connectivity index (χ2n) is 5.66. The van der Waals surface area contributed by atoms with E-state index in [1.54, 1.807) is 0 Å². The summed E-state index contributed by atoms with van der Waals surface area (Å²) in [7, 11) is 0. The number of benzene rings is 2. The molecule has 0 aliphatic heterocycles. The van der Waals surface area contributed by atoms with Crippen molar-refractivity contribution in [2.45, 2.75) is 20.4 Å². The van der Waals surface area contributed by atoms with Crippen molar-refractivity contribution in [1.82, 2.24) is 15.2 Å². The van der Waals surface area contributed by atoms with E-state index in [2.05, 4.69) is 51.5 Å². The molecular weight excluding hydrogens is 300 g/mol. The van der Waals surface area contributed by atoms with Gasteiger partial charge in [0.2, 0.25) is 0 Å². The highest BCUT2D eigenvalue weighted by molar-refractivity contribution is 5.92. The van der Waals surface area contributed by atoms with Gasteiger partial charge in [-0.2, -0.15) is 5.10 Å². The van der Waals surface area contributed by atoms with Gasteiger partial charge in [0.15, 0.2) is 11.8 Å². The van der Waals surface area contributed by atoms with Crippen molar-refractivity contribution in [1.29, 1.82) is 0 Å². The third-order valence-corrected chi connectivity index (χ3v) is 3.83. The molecule has 6 nitrogen and oxygen atoms in total. The quantitative estimate of drug-likeness (QED) is 0.509. The number of nitrogens with zero attached hydrogens (tertiary/aromatic N) is 3. The average molecular weight is 320 g/mol. The monoisotopic (exact) mass is 320 g/mol. The highest BCUT2D eigenvalue weighted by atomic mass is 15.2. The molecule has 6 heteroatoms. The number of aromatic amines is 1. The molecule has 0 fully saturated rings. The van der Waals surface area contributed by atoms with E-state index in [1.807, 2.05) is 30.3 Å². The average Bonchev–Trinajstić information content (AvgIpc) is 3.11. The first kappa shape index (κ1) is 15.7. The fourth-order valence-corrected chi connectivity index (χ4v) is 2.34. The van der Waals surface area contributed by atoms with E-state index >= 15 is 0 Å². The molecule has 4 N–H and O–H groups in total. The predicted octanol–water partition coefficient (Wildman–Crippen LogP) is 3.02. The lowest BCUT2D eigenvalue weighted by Crippen LogP contribution is -2.22. The van der Waals surface area contributed by atoms with Crippen molar-refractivity contribution in [3.63, 3.8) is 0 Å². The standard InChI is InChI=1S/C18H20N6/c1-12-6-7-16(8-13(12)2)23-18(19)20-10-14-4-3-5-15(9-14)17-21-11-22-24-17/h3-9,11H,10H2,1-2H3,(H3,19,20,23)(H,21,22,24). The molecule has 0 amide bonds. The normalized spacial score (nSPS) is 11.5. The Hall–Kier alpha value is -3.15. The van der Waals surface area contributed by atoms with Crippen molar-refractivity contribution < 1.29 is 0 Å². The molecule has 0 saturated heterocycles. The molecule has 1 aromatic heterocycles. The largest absolute Gasteiger partial charge is 0.370 e. The highest BCUT2D eigenvalue weighted by Gasteiger charge is 2.02. The van der Waals surface area contributed by atoms with Gasteiger partial charge < -0.3 is 11.1 Å². The fourth-order valence-electron chi connectivity index (χ4n) is 2.34. The summed E-state index contributed by atoms with van der Waals surface area (Å²) >= 11 is 0. The Labute approximate surface area is 140 Å². The van der Waals surface area contributed by atoms with Crippen molar-refractivity contribution in [3.05, 3.63) is 65.5 Å². The Morgan fingerprint density at radius 2 is 2.04 bits per heavy atom. The molecule has 0 aliphatic rings. The molecule has 0 saturated carbocycles. The van der Waals surface area contributed by atoms with Crippen LogP contribution in [0.25, 0.3) is 11.4 Å². The number of aliphatic imine (C=N–C) groups is 1. The fraction of sp³-hybridized carbons (Fsp3) is 0.167. The van der Waals surface area contributed by atoms with Gasteiger partial charge in [0, 0.05) is 11.3 Å². The number of nitrogens with one attached hydrogen (secondary N) is 2. The van der Waals surface area contributed by atoms with Crippen LogP contribution in [0.1, 0.15) is 16.7 Å². The van der Waals surface area contributed by atoms with Crippen LogP contribution in [0.5, 0.6) is 0 Å². The van der Waals surface area contributed by atoms with E-state index in [9.17, 15) is 0 Å². The topological polar surface area (TPSA) is 92.0 Å². The van der Waals surface area contributed by atoms with Gasteiger partial charge in [0.05, 0.1) is 6.54 Å². The maximum atomic E-state index is 5.98. The molecule has 122 valence electrons. The van der Waals surface area contributed by atoms with Crippen LogP contribution in [-0.2, 0) is 6.54 Å². The summed E-state index contributed by atoms with van der Waals surface area (Å²) in [5, 5.41) is 9.84. The lowest BCUT2D eigenvalue weighted by atomic mass is 10.1. The van der Waals surface area contributed by atoms with Gasteiger partial charge in [-0.15, -0.1) is 0 Å². The number of H-pyrrole nitrogens is 1. The number of nitrogens with two attached hydrogens (primary N) is 1. The minimum atomic E-state index is 0.392. The minimum Gasteiger partial charge on any atom is -0.370 e. The number of aryl methyl sites for hydroxylation is 2. The SMILES string of the molecule is Cc1ccc(NC(N)=NCc2cccc(-c3ncn[nH]3)c2)cc1C. The van der Waals surface area contributed by atoms with Gasteiger partial charge >= 0.3 is 0 Å². The lowest BCUT2D eigenvalue weighted by Gasteiger charge is -2.08. The van der Waals surface area contributed by atoms with Crippen LogP contribution >= 0.6 is 0 Å². The molecule has 24 heavy (non-hydrogen) atoms. The summed E-state index contributed by atoms with van der Waals surface area (Å²) in [4.78, 5) is 8.56. The van der Waals surface area contributed by atoms with Crippen LogP contribution in [0, 0.1) is 13.8 Å². The minimum absolute atomic E-state index is 0.392. The summed E-state index contributed by atoms with van der Waals surface area (Å²) in [6.45, 7) is 4.65. The predicted molar refractivity (Wildman–Crippen MR) is 96.7 cm³/mol. The Morgan fingerprint density at radius 3 is 2.79 bits per heavy atom. The summed E-state index contributed by atoms with van der Waals surface area (Å²) in [6, 6.07) is 14.1. The van der Waals surface area contributed by atoms with E-state index < -0.39 is 0 Å². The second kappa shape index (κ2) is 6.95. The first-order chi connectivity index (χ1) is 11.6. The summed E-state index contributed by atoms with van der Waals surface area (Å²) in [6.07, 6.45) is 1.49. The summed E-state index contributed by atoms with van der Waals surface area (Å²) in [5.74, 6) is 1.13. The second-order valence-corrected chi connectivity index (χ2v) is 5.66. The zero-order chi connectivity index (χ0) is 16.9. The molecule has 0 aliphatic carbocycles. The maximum Gasteiger partial charge on any atom is 0.193 e. The number of guanidine groups is 1. The van der Waals surface area contributed by atoms with Crippen molar-refractivity contribution in [2.24, 2.45) is 10.7 Å². The first-order valence-corrected chi connectivity index (χ1v) is 7.71. The van der Waals surface area contributed by atoms with Crippen LogP contribution in [0.2, 0.25) is 0 Å². The van der Waals surface area contributed by atoms with E-state index in [-0.39, 0.29) is 0 Å². The Morgan fingerprint density at radius 1 is 1.17 bits per heavy atom. The zero-order valence-electron chi connectivity index (χ0n) is 13.7. The third-order valence-electron chi connectivity index (χ3n) is 3.83. The van der Waals surface area contributed by atoms with Crippen LogP contribution in [0.3, 0.4) is 0 Å². The Kier molecular flexibility index (Phi) is 4.56. The molecule has 0 atom stereocenters. The zero-order valence-corrected chi connectivity index (χ0v) is 13.7. The summed E-state index contributed by atoms with van der Waals surface area (Å²) < 4.78 is 0. The van der Waals surface area contributed by atoms with Gasteiger partial charge in [-0.3, -0.25) is 5.10 Å². The lowest BCUT2D eigenvalue weighted by molar-refractivity contribution is 1.06. The van der Waals surface area contributed by atoms with Crippen molar-refractivity contribution >= 4 is 11.6 Å². The highest BCUT2D eigenvalue weighted by Crippen LogP contribution is 2.16. The van der Waals surface area contributed by atoms with Gasteiger partial charge in [0.1, 0.15) is 6.33 Å². The first-order valence-electron chi connectivity index (χ1n) is 7.71. The molecular formula is C18H20N6. The maximum absolute atomic E-state index is 5.98. The number of hydrogen-bond acceptors (Lipinski definition) is 3. The molecule has 3 aromatic rings. The molecule has 0 radical (unpaired) electrons. The molecule has 0 unspecified atom stereocenters. The van der Waals surface area contributed by atoms with Crippen molar-refractivity contribution in [2.75, 3.05) is 5.32 Å².